The number of aromatic hydroxyl groups is 1. The molecule has 0 atom stereocenters. The van der Waals surface area contributed by atoms with Crippen molar-refractivity contribution in [3.8, 4) is 51.3 Å². The van der Waals surface area contributed by atoms with Gasteiger partial charge in [0.1, 0.15) is 34.8 Å². The van der Waals surface area contributed by atoms with Crippen LogP contribution in [-0.4, -0.2) is 69.2 Å². The van der Waals surface area contributed by atoms with Gasteiger partial charge in [0.2, 0.25) is 5.75 Å². The molecule has 2 aromatic carbocycles. The molecule has 3 N–H and O–H groups in total. The Kier molecular flexibility index (Phi) is 14.0. The van der Waals surface area contributed by atoms with Crippen molar-refractivity contribution in [2.45, 2.75) is 12.8 Å². The number of halogens is 3. The predicted molar refractivity (Wildman–Crippen MR) is 247 cm³/mol. The lowest BCUT2D eigenvalue weighted by atomic mass is 10.1. The van der Waals surface area contributed by atoms with Crippen LogP contribution in [0.3, 0.4) is 0 Å². The van der Waals surface area contributed by atoms with Crippen LogP contribution >= 0.6 is 11.6 Å². The summed E-state index contributed by atoms with van der Waals surface area (Å²) in [4.78, 5) is 72.8. The van der Waals surface area contributed by atoms with Crippen LogP contribution < -0.4 is 36.0 Å². The number of nitrogens with one attached hydrogen (secondary N) is 2. The first-order chi connectivity index (χ1) is 33.3. The molecule has 2 aliphatic heterocycles. The van der Waals surface area contributed by atoms with E-state index in [4.69, 9.17) is 25.8 Å². The van der Waals surface area contributed by atoms with Crippen molar-refractivity contribution >= 4 is 35.1 Å². The molecule has 0 aliphatic carbocycles. The van der Waals surface area contributed by atoms with Gasteiger partial charge in [-0.05, 0) is 65.7 Å². The van der Waals surface area contributed by atoms with Gasteiger partial charge < -0.3 is 30.0 Å². The quantitative estimate of drug-likeness (QED) is 0.149. The van der Waals surface area contributed by atoms with Crippen molar-refractivity contribution in [3.05, 3.63) is 182 Å². The van der Waals surface area contributed by atoms with Gasteiger partial charge in [-0.3, -0.25) is 38.3 Å². The van der Waals surface area contributed by atoms with E-state index in [0.717, 1.165) is 11.1 Å². The van der Waals surface area contributed by atoms with Crippen LogP contribution in [0.5, 0.6) is 28.7 Å². The summed E-state index contributed by atoms with van der Waals surface area (Å²) in [6.45, 7) is -0.127. The lowest BCUT2D eigenvalue weighted by molar-refractivity contribution is -0.119. The largest absolute Gasteiger partial charge is 0.506 e. The number of rotatable bonds is 8. The molecule has 21 heteroatoms. The minimum absolute atomic E-state index is 0.00157. The zero-order chi connectivity index (χ0) is 48.6. The number of fused-ring (bicyclic) bond motifs is 2. The molecule has 8 aromatic rings. The third-order valence-corrected chi connectivity index (χ3v) is 10.6. The van der Waals surface area contributed by atoms with E-state index in [9.17, 15) is 33.1 Å². The Morgan fingerprint density at radius 3 is 1.61 bits per heavy atom. The van der Waals surface area contributed by atoms with E-state index in [1.54, 1.807) is 68.7 Å². The average Bonchev–Trinajstić information content (AvgIpc) is 3.34. The number of carbonyl (C=O) groups excluding carboxylic acids is 2. The second-order valence-electron chi connectivity index (χ2n) is 15.0. The van der Waals surface area contributed by atoms with Crippen LogP contribution in [0.4, 0.5) is 20.4 Å². The summed E-state index contributed by atoms with van der Waals surface area (Å²) in [6, 6.07) is 21.7. The van der Waals surface area contributed by atoms with Crippen molar-refractivity contribution in [1.82, 2.24) is 39.0 Å². The van der Waals surface area contributed by atoms with E-state index in [-0.39, 0.29) is 59.3 Å². The number of ether oxygens (including phenoxy) is 3. The third kappa shape index (κ3) is 11.2. The molecule has 0 saturated heterocycles. The van der Waals surface area contributed by atoms with Gasteiger partial charge in [-0.2, -0.15) is 0 Å². The van der Waals surface area contributed by atoms with Gasteiger partial charge in [0.05, 0.1) is 39.9 Å². The van der Waals surface area contributed by atoms with E-state index in [2.05, 4.69) is 40.5 Å². The van der Waals surface area contributed by atoms with Crippen LogP contribution in [0.2, 0.25) is 5.02 Å². The third-order valence-electron chi connectivity index (χ3n) is 10.3. The first-order valence-corrected chi connectivity index (χ1v) is 21.0. The summed E-state index contributed by atoms with van der Waals surface area (Å²) in [5, 5.41) is 14.9. The molecule has 2 amide bonds. The standard InChI is InChI=1S/C24H18FN5O4.C17H14FN3O2.C7H5ClN2O2/c1-30-20(10-14-2-4-15(25)5-3-14)28-12-17(24(30)32)18-7-6-16(11-27-18)34-19-8-9-26-23-22(19)33-13-21(31)29-23;1-21-16(8-11-2-4-12(18)5-3-11)20-10-14(17(21)23)15-7-6-13(22)9-19-15;8-4-1-2-9-7-6(4)12-3-5(11)10-7/h2-9,11-12H,10,13H2,1H3,(H,26,29,31);2-7,9-10,22H,8H2,1H3;1-2H,3H2,(H,9,10,11). The first-order valence-electron chi connectivity index (χ1n) is 20.7. The highest BCUT2D eigenvalue weighted by Gasteiger charge is 2.22. The van der Waals surface area contributed by atoms with E-state index in [1.165, 1.54) is 76.6 Å². The summed E-state index contributed by atoms with van der Waals surface area (Å²) in [5.74, 6) is 2.28. The second kappa shape index (κ2) is 20.7. The van der Waals surface area contributed by atoms with Gasteiger partial charge in [0, 0.05) is 57.8 Å². The van der Waals surface area contributed by atoms with Gasteiger partial charge in [0.15, 0.2) is 36.3 Å². The van der Waals surface area contributed by atoms with Crippen LogP contribution in [0, 0.1) is 11.6 Å². The molecule has 0 spiro atoms. The van der Waals surface area contributed by atoms with Gasteiger partial charge in [-0.15, -0.1) is 0 Å². The predicted octanol–water partition coefficient (Wildman–Crippen LogP) is 6.43. The zero-order valence-electron chi connectivity index (χ0n) is 36.4. The normalized spacial score (nSPS) is 12.2. The molecule has 0 fully saturated rings. The fourth-order valence-corrected chi connectivity index (χ4v) is 6.88. The number of pyridine rings is 4. The second-order valence-corrected chi connectivity index (χ2v) is 15.4. The van der Waals surface area contributed by atoms with E-state index < -0.39 is 0 Å². The lowest BCUT2D eigenvalue weighted by Gasteiger charge is -2.19. The van der Waals surface area contributed by atoms with Crippen LogP contribution in [0.1, 0.15) is 22.8 Å². The topological polar surface area (TPSA) is 227 Å². The molecule has 0 bridgehead atoms. The van der Waals surface area contributed by atoms with Crippen molar-refractivity contribution in [2.24, 2.45) is 14.1 Å². The molecule has 10 rings (SSSR count). The number of anilines is 2. The number of hydrogen-bond donors (Lipinski definition) is 3. The van der Waals surface area contributed by atoms with Gasteiger partial charge in [-0.1, -0.05) is 35.9 Å². The molecule has 69 heavy (non-hydrogen) atoms. The molecule has 8 heterocycles. The minimum atomic E-state index is -0.317. The van der Waals surface area contributed by atoms with Crippen LogP contribution in [0.25, 0.3) is 22.5 Å². The number of hydrogen-bond acceptors (Lipinski definition) is 14. The number of benzene rings is 2. The minimum Gasteiger partial charge on any atom is -0.506 e. The maximum absolute atomic E-state index is 13.1. The molecular formula is C48H37ClF2N10O8. The molecule has 18 nitrogen and oxygen atoms in total. The van der Waals surface area contributed by atoms with E-state index in [1.807, 2.05) is 0 Å². The summed E-state index contributed by atoms with van der Waals surface area (Å²) < 4.78 is 45.3. The average molecular weight is 955 g/mol. The van der Waals surface area contributed by atoms with E-state index >= 15 is 0 Å². The Balaban J connectivity index is 0.000000157. The Labute approximate surface area is 394 Å². The van der Waals surface area contributed by atoms with Crippen molar-refractivity contribution in [1.29, 1.82) is 0 Å². The number of nitrogens with zero attached hydrogens (tertiary/aromatic N) is 8. The first kappa shape index (κ1) is 46.6. The van der Waals surface area contributed by atoms with Gasteiger partial charge >= 0.3 is 0 Å². The fourth-order valence-electron chi connectivity index (χ4n) is 6.68. The molecule has 2 aliphatic rings. The SMILES string of the molecule is Cn1c(Cc2ccc(F)cc2)ncc(-c2ccc(O)cn2)c1=O.Cn1c(Cc2ccc(F)cc2)ncc(-c2ccc(Oc3ccnc4c3OCC(=O)N4)cn2)c1=O.O=C1COc2c(Cl)ccnc2N1. The van der Waals surface area contributed by atoms with Crippen molar-refractivity contribution < 1.29 is 37.7 Å². The van der Waals surface area contributed by atoms with Crippen LogP contribution in [-0.2, 0) is 36.5 Å². The maximum Gasteiger partial charge on any atom is 0.263 e. The molecule has 6 aromatic heterocycles. The molecule has 348 valence electrons. The van der Waals surface area contributed by atoms with Crippen molar-refractivity contribution in [3.63, 3.8) is 0 Å². The monoisotopic (exact) mass is 954 g/mol. The highest BCUT2D eigenvalue weighted by Crippen LogP contribution is 2.38. The molecule has 0 radical (unpaired) electrons. The Hall–Kier alpha value is -8.91. The molecule has 0 saturated carbocycles. The maximum atomic E-state index is 13.1. The lowest BCUT2D eigenvalue weighted by Crippen LogP contribution is -2.26. The highest BCUT2D eigenvalue weighted by atomic mass is 35.5. The Morgan fingerprint density at radius 2 is 1.10 bits per heavy atom. The Morgan fingerprint density at radius 1 is 0.609 bits per heavy atom. The smallest absolute Gasteiger partial charge is 0.263 e. The fraction of sp³-hybridized carbons (Fsp3) is 0.125. The van der Waals surface area contributed by atoms with E-state index in [0.29, 0.717) is 80.8 Å². The Bertz CT molecular complexity index is 3300. The summed E-state index contributed by atoms with van der Waals surface area (Å²) in [6.07, 6.45) is 9.54. The number of amides is 2. The van der Waals surface area contributed by atoms with Crippen molar-refractivity contribution in [2.75, 3.05) is 23.8 Å². The summed E-state index contributed by atoms with van der Waals surface area (Å²) in [5.41, 5.74) is 2.82. The number of aromatic nitrogens is 8. The van der Waals surface area contributed by atoms with Crippen LogP contribution in [0.15, 0.2) is 132 Å². The highest BCUT2D eigenvalue weighted by molar-refractivity contribution is 6.32. The zero-order valence-corrected chi connectivity index (χ0v) is 37.1. The number of carbonyl (C=O) groups is 2. The molecule has 0 unspecified atom stereocenters. The summed E-state index contributed by atoms with van der Waals surface area (Å²) >= 11 is 5.77. The summed E-state index contributed by atoms with van der Waals surface area (Å²) in [7, 11) is 3.28. The molecular weight excluding hydrogens is 918 g/mol. The van der Waals surface area contributed by atoms with Gasteiger partial charge in [-0.25, -0.2) is 28.7 Å². The van der Waals surface area contributed by atoms with Gasteiger partial charge in [0.25, 0.3) is 22.9 Å².